The van der Waals surface area contributed by atoms with Gasteiger partial charge in [0.05, 0.1) is 11.5 Å². The van der Waals surface area contributed by atoms with Gasteiger partial charge >= 0.3 is 0 Å². The Morgan fingerprint density at radius 2 is 1.82 bits per heavy atom. The number of carbonyl (C=O) groups is 1. The predicted molar refractivity (Wildman–Crippen MR) is 87.8 cm³/mol. The van der Waals surface area contributed by atoms with E-state index in [9.17, 15) is 9.90 Å². The molecule has 124 valence electrons. The van der Waals surface area contributed by atoms with E-state index < -0.39 is 0 Å². The van der Waals surface area contributed by atoms with Gasteiger partial charge in [-0.1, -0.05) is 13.8 Å². The van der Waals surface area contributed by atoms with Gasteiger partial charge < -0.3 is 5.11 Å². The number of fused-ring (bicyclic) bond motifs is 5. The Balaban J connectivity index is 1.64. The average molecular weight is 325 g/mol. The first kappa shape index (κ1) is 15.4. The molecule has 0 saturated heterocycles. The van der Waals surface area contributed by atoms with Gasteiger partial charge in [-0.2, -0.15) is 0 Å². The van der Waals surface area contributed by atoms with Crippen LogP contribution in [0.15, 0.2) is 0 Å². The van der Waals surface area contributed by atoms with Crippen LogP contribution in [-0.4, -0.2) is 22.4 Å². The lowest BCUT2D eigenvalue weighted by atomic mass is 9.45. The number of ketones is 1. The molecule has 0 unspecified atom stereocenters. The maximum Gasteiger partial charge on any atom is 0.156 e. The number of aliphatic hydroxyl groups excluding tert-OH is 1. The van der Waals surface area contributed by atoms with Crippen molar-refractivity contribution in [2.45, 2.75) is 76.7 Å². The SMILES string of the molecule is C[C@]12CC[C@H](O)C[C@H]1CC[C@@H]1[C@@H]2CC[C@]2(C)C(=O)[C@@H](Cl)C[C@@H]12. The molecule has 22 heavy (non-hydrogen) atoms. The van der Waals surface area contributed by atoms with Gasteiger partial charge in [-0.25, -0.2) is 0 Å². The molecule has 0 aromatic carbocycles. The third-order valence-electron chi connectivity index (χ3n) is 8.34. The minimum Gasteiger partial charge on any atom is -0.393 e. The molecule has 0 amide bonds. The summed E-state index contributed by atoms with van der Waals surface area (Å²) in [6, 6.07) is 0. The first-order valence-corrected chi connectivity index (χ1v) is 9.66. The second-order valence-electron chi connectivity index (χ2n) is 9.11. The molecular formula is C19H29ClO2. The van der Waals surface area contributed by atoms with E-state index >= 15 is 0 Å². The number of halogens is 1. The maximum absolute atomic E-state index is 12.6. The van der Waals surface area contributed by atoms with E-state index in [1.807, 2.05) is 0 Å². The van der Waals surface area contributed by atoms with Crippen molar-refractivity contribution in [1.82, 2.24) is 0 Å². The van der Waals surface area contributed by atoms with Gasteiger partial charge in [0.25, 0.3) is 0 Å². The summed E-state index contributed by atoms with van der Waals surface area (Å²) in [5.41, 5.74) is 0.238. The fraction of sp³-hybridized carbons (Fsp3) is 0.947. The maximum atomic E-state index is 12.6. The van der Waals surface area contributed by atoms with Gasteiger partial charge in [-0.3, -0.25) is 4.79 Å². The van der Waals surface area contributed by atoms with Crippen molar-refractivity contribution in [2.75, 3.05) is 0 Å². The van der Waals surface area contributed by atoms with Gasteiger partial charge in [0.2, 0.25) is 0 Å². The van der Waals surface area contributed by atoms with Gasteiger partial charge in [-0.15, -0.1) is 11.6 Å². The van der Waals surface area contributed by atoms with Gasteiger partial charge in [0.15, 0.2) is 5.78 Å². The number of aliphatic hydroxyl groups is 1. The quantitative estimate of drug-likeness (QED) is 0.679. The number of hydrogen-bond donors (Lipinski definition) is 1. The second kappa shape index (κ2) is 4.96. The van der Waals surface area contributed by atoms with Crippen LogP contribution in [0.2, 0.25) is 0 Å². The Morgan fingerprint density at radius 1 is 1.05 bits per heavy atom. The van der Waals surface area contributed by atoms with Gasteiger partial charge in [-0.05, 0) is 80.5 Å². The Hall–Kier alpha value is -0.0800. The van der Waals surface area contributed by atoms with Crippen LogP contribution in [0.3, 0.4) is 0 Å². The standard InChI is InChI=1S/C19H29ClO2/c1-18-7-5-12(21)9-11(18)3-4-13-14(18)6-8-19(2)15(13)10-16(20)17(19)22/h11-16,21H,3-10H2,1-2H3/t11-,12+,13-,14+,15+,16+,18+,19+/m1/s1. The summed E-state index contributed by atoms with van der Waals surface area (Å²) in [4.78, 5) is 12.6. The largest absolute Gasteiger partial charge is 0.393 e. The molecule has 0 radical (unpaired) electrons. The highest BCUT2D eigenvalue weighted by molar-refractivity contribution is 6.32. The van der Waals surface area contributed by atoms with Crippen LogP contribution >= 0.6 is 11.6 Å². The average Bonchev–Trinajstić information content (AvgIpc) is 2.72. The molecule has 1 N–H and O–H groups in total. The Kier molecular flexibility index (Phi) is 3.48. The number of rotatable bonds is 0. The normalized spacial score (nSPS) is 57.9. The fourth-order valence-corrected chi connectivity index (χ4v) is 7.43. The number of hydrogen-bond acceptors (Lipinski definition) is 2. The Morgan fingerprint density at radius 3 is 2.59 bits per heavy atom. The van der Waals surface area contributed by atoms with Crippen LogP contribution in [-0.2, 0) is 4.79 Å². The van der Waals surface area contributed by atoms with Crippen molar-refractivity contribution in [2.24, 2.45) is 34.5 Å². The van der Waals surface area contributed by atoms with E-state index in [1.54, 1.807) is 0 Å². The molecule has 0 heterocycles. The summed E-state index contributed by atoms with van der Waals surface area (Å²) in [6.07, 6.45) is 8.67. The molecule has 8 atom stereocenters. The molecule has 4 fully saturated rings. The van der Waals surface area contributed by atoms with Crippen molar-refractivity contribution in [1.29, 1.82) is 0 Å². The van der Waals surface area contributed by atoms with E-state index in [0.717, 1.165) is 31.6 Å². The van der Waals surface area contributed by atoms with Crippen molar-refractivity contribution >= 4 is 17.4 Å². The zero-order valence-electron chi connectivity index (χ0n) is 13.9. The number of alkyl halides is 1. The van der Waals surface area contributed by atoms with Crippen molar-refractivity contribution in [3.8, 4) is 0 Å². The molecule has 3 heteroatoms. The molecule has 0 spiro atoms. The van der Waals surface area contributed by atoms with E-state index in [4.69, 9.17) is 11.6 Å². The third kappa shape index (κ3) is 1.92. The molecular weight excluding hydrogens is 296 g/mol. The fourth-order valence-electron chi connectivity index (χ4n) is 6.98. The van der Waals surface area contributed by atoms with Crippen LogP contribution in [0.5, 0.6) is 0 Å². The molecule has 0 bridgehead atoms. The highest BCUT2D eigenvalue weighted by Crippen LogP contribution is 2.65. The number of carbonyl (C=O) groups excluding carboxylic acids is 1. The summed E-state index contributed by atoms with van der Waals surface area (Å²) in [5.74, 6) is 2.94. The van der Waals surface area contributed by atoms with E-state index in [-0.39, 0.29) is 16.9 Å². The van der Waals surface area contributed by atoms with Gasteiger partial charge in [0.1, 0.15) is 0 Å². The topological polar surface area (TPSA) is 37.3 Å². The first-order valence-electron chi connectivity index (χ1n) is 9.23. The van der Waals surface area contributed by atoms with Crippen LogP contribution in [0.1, 0.15) is 65.2 Å². The van der Waals surface area contributed by atoms with Crippen molar-refractivity contribution in [3.63, 3.8) is 0 Å². The zero-order valence-corrected chi connectivity index (χ0v) is 14.6. The minimum atomic E-state index is -0.243. The van der Waals surface area contributed by atoms with Crippen LogP contribution in [0.25, 0.3) is 0 Å². The Bertz CT molecular complexity index is 492. The summed E-state index contributed by atoms with van der Waals surface area (Å²) >= 11 is 6.37. The summed E-state index contributed by atoms with van der Waals surface area (Å²) < 4.78 is 0. The van der Waals surface area contributed by atoms with Crippen molar-refractivity contribution in [3.05, 3.63) is 0 Å². The monoisotopic (exact) mass is 324 g/mol. The second-order valence-corrected chi connectivity index (χ2v) is 9.64. The Labute approximate surface area is 139 Å². The molecule has 0 aliphatic heterocycles. The lowest BCUT2D eigenvalue weighted by Gasteiger charge is -2.60. The highest BCUT2D eigenvalue weighted by atomic mass is 35.5. The molecule has 2 nitrogen and oxygen atoms in total. The predicted octanol–water partition coefficient (Wildman–Crippen LogP) is 4.18. The smallest absolute Gasteiger partial charge is 0.156 e. The molecule has 4 rings (SSSR count). The molecule has 4 aliphatic rings. The molecule has 0 aromatic rings. The molecule has 4 aliphatic carbocycles. The van der Waals surface area contributed by atoms with Crippen molar-refractivity contribution < 1.29 is 9.90 Å². The van der Waals surface area contributed by atoms with E-state index in [1.165, 1.54) is 25.7 Å². The molecule has 0 aromatic heterocycles. The third-order valence-corrected chi connectivity index (χ3v) is 8.71. The molecule has 4 saturated carbocycles. The van der Waals surface area contributed by atoms with Crippen LogP contribution < -0.4 is 0 Å². The van der Waals surface area contributed by atoms with E-state index in [0.29, 0.717) is 29.0 Å². The summed E-state index contributed by atoms with van der Waals surface area (Å²) in [5, 5.41) is 9.81. The first-order chi connectivity index (χ1) is 10.4. The number of Topliss-reactive ketones (excluding diaryl/α,β-unsaturated/α-hetero) is 1. The van der Waals surface area contributed by atoms with Crippen LogP contribution in [0, 0.1) is 34.5 Å². The summed E-state index contributed by atoms with van der Waals surface area (Å²) in [6.45, 7) is 4.68. The summed E-state index contributed by atoms with van der Waals surface area (Å²) in [7, 11) is 0. The lowest BCUT2D eigenvalue weighted by molar-refractivity contribution is -0.142. The highest BCUT2D eigenvalue weighted by Gasteiger charge is 2.62. The van der Waals surface area contributed by atoms with E-state index in [2.05, 4.69) is 13.8 Å². The zero-order chi connectivity index (χ0) is 15.7. The van der Waals surface area contributed by atoms with Crippen LogP contribution in [0.4, 0.5) is 0 Å². The lowest BCUT2D eigenvalue weighted by Crippen LogP contribution is -2.54. The van der Waals surface area contributed by atoms with Gasteiger partial charge in [0, 0.05) is 5.41 Å². The minimum absolute atomic E-state index is 0.0799.